The van der Waals surface area contributed by atoms with Crippen molar-refractivity contribution in [1.29, 1.82) is 0 Å². The van der Waals surface area contributed by atoms with Crippen LogP contribution in [0.1, 0.15) is 24.1 Å². The third kappa shape index (κ3) is 3.89. The van der Waals surface area contributed by atoms with E-state index in [9.17, 15) is 0 Å². The van der Waals surface area contributed by atoms with Gasteiger partial charge >= 0.3 is 0 Å². The minimum Gasteiger partial charge on any atom is -0.310 e. The lowest BCUT2D eigenvalue weighted by Crippen LogP contribution is -2.23. The molecular weight excluding hydrogens is 313 g/mol. The Balaban J connectivity index is 2.28. The minimum atomic E-state index is 0.162. The molecule has 1 atom stereocenters. The van der Waals surface area contributed by atoms with Crippen LogP contribution in [-0.2, 0) is 6.42 Å². The lowest BCUT2D eigenvalue weighted by atomic mass is 9.98. The Morgan fingerprint density at radius 2 is 1.55 bits per heavy atom. The van der Waals surface area contributed by atoms with Crippen LogP contribution in [0.2, 0.25) is 15.1 Å². The first-order chi connectivity index (χ1) is 9.61. The predicted molar refractivity (Wildman–Crippen MR) is 88.0 cm³/mol. The zero-order valence-electron chi connectivity index (χ0n) is 11.2. The SMILES string of the molecule is CCNC(Cc1c(Cl)cccc1Cl)c1ccc(Cl)cc1. The molecule has 4 heteroatoms. The summed E-state index contributed by atoms with van der Waals surface area (Å²) in [5, 5.41) is 5.60. The predicted octanol–water partition coefficient (Wildman–Crippen LogP) is 5.54. The number of benzene rings is 2. The molecule has 0 aromatic heterocycles. The summed E-state index contributed by atoms with van der Waals surface area (Å²) in [6, 6.07) is 13.6. The molecule has 0 aliphatic carbocycles. The zero-order valence-corrected chi connectivity index (χ0v) is 13.4. The normalized spacial score (nSPS) is 12.4. The average molecular weight is 329 g/mol. The molecule has 1 nitrogen and oxygen atoms in total. The fourth-order valence-electron chi connectivity index (χ4n) is 2.18. The molecule has 0 heterocycles. The van der Waals surface area contributed by atoms with Gasteiger partial charge in [0.05, 0.1) is 0 Å². The second-order valence-corrected chi connectivity index (χ2v) is 5.82. The number of rotatable bonds is 5. The van der Waals surface area contributed by atoms with E-state index in [1.54, 1.807) is 0 Å². The molecule has 0 aliphatic heterocycles. The molecular formula is C16H16Cl3N. The van der Waals surface area contributed by atoms with Crippen molar-refractivity contribution in [1.82, 2.24) is 5.32 Å². The minimum absolute atomic E-state index is 0.162. The van der Waals surface area contributed by atoms with Crippen LogP contribution in [0.3, 0.4) is 0 Å². The highest BCUT2D eigenvalue weighted by atomic mass is 35.5. The molecule has 0 radical (unpaired) electrons. The van der Waals surface area contributed by atoms with Crippen molar-refractivity contribution in [2.45, 2.75) is 19.4 Å². The van der Waals surface area contributed by atoms with Gasteiger partial charge < -0.3 is 5.32 Å². The second-order valence-electron chi connectivity index (χ2n) is 4.57. The van der Waals surface area contributed by atoms with Gasteiger partial charge in [-0.3, -0.25) is 0 Å². The quantitative estimate of drug-likeness (QED) is 0.760. The molecule has 0 spiro atoms. The summed E-state index contributed by atoms with van der Waals surface area (Å²) in [6.07, 6.45) is 0.744. The van der Waals surface area contributed by atoms with E-state index < -0.39 is 0 Å². The first-order valence-corrected chi connectivity index (χ1v) is 7.67. The molecule has 0 fully saturated rings. The number of likely N-dealkylation sites (N-methyl/N-ethyl adjacent to an activating group) is 1. The third-order valence-electron chi connectivity index (χ3n) is 3.19. The van der Waals surface area contributed by atoms with E-state index in [0.717, 1.165) is 23.6 Å². The van der Waals surface area contributed by atoms with Crippen molar-refractivity contribution >= 4 is 34.8 Å². The molecule has 0 aliphatic rings. The van der Waals surface area contributed by atoms with Crippen LogP contribution in [-0.4, -0.2) is 6.54 Å². The summed E-state index contributed by atoms with van der Waals surface area (Å²) >= 11 is 18.4. The van der Waals surface area contributed by atoms with Crippen molar-refractivity contribution in [3.63, 3.8) is 0 Å². The van der Waals surface area contributed by atoms with E-state index in [2.05, 4.69) is 12.2 Å². The van der Waals surface area contributed by atoms with Gasteiger partial charge in [0.1, 0.15) is 0 Å². The van der Waals surface area contributed by atoms with Crippen molar-refractivity contribution < 1.29 is 0 Å². The zero-order chi connectivity index (χ0) is 14.5. The maximum atomic E-state index is 6.25. The topological polar surface area (TPSA) is 12.0 Å². The molecule has 106 valence electrons. The summed E-state index contributed by atoms with van der Waals surface area (Å²) in [7, 11) is 0. The number of nitrogens with one attached hydrogen (secondary N) is 1. The van der Waals surface area contributed by atoms with E-state index in [1.165, 1.54) is 5.56 Å². The molecule has 0 saturated carbocycles. The van der Waals surface area contributed by atoms with E-state index in [0.29, 0.717) is 10.0 Å². The van der Waals surface area contributed by atoms with Gasteiger partial charge in [-0.2, -0.15) is 0 Å². The maximum Gasteiger partial charge on any atom is 0.0453 e. The molecule has 1 unspecified atom stereocenters. The van der Waals surface area contributed by atoms with Crippen LogP contribution in [0, 0.1) is 0 Å². The van der Waals surface area contributed by atoms with Crippen molar-refractivity contribution in [2.75, 3.05) is 6.54 Å². The van der Waals surface area contributed by atoms with Gasteiger partial charge in [0.2, 0.25) is 0 Å². The van der Waals surface area contributed by atoms with E-state index >= 15 is 0 Å². The van der Waals surface area contributed by atoms with Gasteiger partial charge in [-0.25, -0.2) is 0 Å². The Labute approximate surface area is 134 Å². The maximum absolute atomic E-state index is 6.25. The number of halogens is 3. The lowest BCUT2D eigenvalue weighted by Gasteiger charge is -2.20. The summed E-state index contributed by atoms with van der Waals surface area (Å²) in [5.41, 5.74) is 2.14. The Hall–Kier alpha value is -0.730. The Morgan fingerprint density at radius 1 is 0.950 bits per heavy atom. The summed E-state index contributed by atoms with van der Waals surface area (Å²) in [5.74, 6) is 0. The highest BCUT2D eigenvalue weighted by Gasteiger charge is 2.15. The molecule has 2 aromatic rings. The van der Waals surface area contributed by atoms with Crippen LogP contribution in [0.25, 0.3) is 0 Å². The monoisotopic (exact) mass is 327 g/mol. The van der Waals surface area contributed by atoms with Crippen LogP contribution in [0.15, 0.2) is 42.5 Å². The molecule has 0 bridgehead atoms. The molecule has 2 aromatic carbocycles. The Bertz CT molecular complexity index is 546. The third-order valence-corrected chi connectivity index (χ3v) is 4.15. The summed E-state index contributed by atoms with van der Waals surface area (Å²) in [6.45, 7) is 2.95. The van der Waals surface area contributed by atoms with Gasteiger partial charge in [0, 0.05) is 21.1 Å². The van der Waals surface area contributed by atoms with Crippen molar-refractivity contribution in [3.05, 3.63) is 68.7 Å². The largest absolute Gasteiger partial charge is 0.310 e. The molecule has 20 heavy (non-hydrogen) atoms. The Morgan fingerprint density at radius 3 is 2.10 bits per heavy atom. The van der Waals surface area contributed by atoms with Crippen LogP contribution >= 0.6 is 34.8 Å². The van der Waals surface area contributed by atoms with E-state index in [-0.39, 0.29) is 6.04 Å². The van der Waals surface area contributed by atoms with Gasteiger partial charge in [-0.15, -0.1) is 0 Å². The van der Waals surface area contributed by atoms with Crippen molar-refractivity contribution in [3.8, 4) is 0 Å². The molecule has 2 rings (SSSR count). The van der Waals surface area contributed by atoms with Gasteiger partial charge in [-0.05, 0) is 48.4 Å². The first kappa shape index (κ1) is 15.7. The molecule has 1 N–H and O–H groups in total. The standard InChI is InChI=1S/C16H16Cl3N/c1-2-20-16(11-6-8-12(17)9-7-11)10-13-14(18)4-3-5-15(13)19/h3-9,16,20H,2,10H2,1H3. The summed E-state index contributed by atoms with van der Waals surface area (Å²) < 4.78 is 0. The highest BCUT2D eigenvalue weighted by Crippen LogP contribution is 2.29. The van der Waals surface area contributed by atoms with Crippen LogP contribution < -0.4 is 5.32 Å². The average Bonchev–Trinajstić information content (AvgIpc) is 2.43. The molecule has 0 saturated heterocycles. The van der Waals surface area contributed by atoms with E-state index in [1.807, 2.05) is 42.5 Å². The van der Waals surface area contributed by atoms with Crippen molar-refractivity contribution in [2.24, 2.45) is 0 Å². The first-order valence-electron chi connectivity index (χ1n) is 6.53. The lowest BCUT2D eigenvalue weighted by molar-refractivity contribution is 0.550. The second kappa shape index (κ2) is 7.33. The fourth-order valence-corrected chi connectivity index (χ4v) is 2.86. The summed E-state index contributed by atoms with van der Waals surface area (Å²) in [4.78, 5) is 0. The van der Waals surface area contributed by atoms with Crippen LogP contribution in [0.4, 0.5) is 0 Å². The number of hydrogen-bond donors (Lipinski definition) is 1. The fraction of sp³-hybridized carbons (Fsp3) is 0.250. The van der Waals surface area contributed by atoms with Crippen LogP contribution in [0.5, 0.6) is 0 Å². The van der Waals surface area contributed by atoms with Gasteiger partial charge in [-0.1, -0.05) is 59.9 Å². The van der Waals surface area contributed by atoms with Gasteiger partial charge in [0.25, 0.3) is 0 Å². The smallest absolute Gasteiger partial charge is 0.0453 e. The van der Waals surface area contributed by atoms with E-state index in [4.69, 9.17) is 34.8 Å². The Kier molecular flexibility index (Phi) is 5.74. The molecule has 0 amide bonds. The highest BCUT2D eigenvalue weighted by molar-refractivity contribution is 6.36. The van der Waals surface area contributed by atoms with Gasteiger partial charge in [0.15, 0.2) is 0 Å². The number of hydrogen-bond acceptors (Lipinski definition) is 1.